The van der Waals surface area contributed by atoms with Crippen molar-refractivity contribution >= 4 is 46.7 Å². The molecule has 0 radical (unpaired) electrons. The standard InChI is InChI=1S/2C22H25.C2H3BN2O2.2ClH.Hf/c2*1-3-5-10-18-11-6-7-13-20(18)21-14-8-12-19-15-17(9-4-2)16-22(19)21;6-1-4-3-5-2-7;;;/h2*6-8,11-16H,3-5,9-10H2,1-2H3;1-2H,(H-,4,5,6,7);2*1H;/q;;;;;+1/p-1. The average Bonchev–Trinajstić information content (AvgIpc) is 3.76. The molecule has 2 amide bonds. The van der Waals surface area contributed by atoms with Crippen molar-refractivity contribution in [3.63, 3.8) is 0 Å². The van der Waals surface area contributed by atoms with Crippen LogP contribution in [0.3, 0.4) is 0 Å². The van der Waals surface area contributed by atoms with E-state index >= 15 is 0 Å². The summed E-state index contributed by atoms with van der Waals surface area (Å²) in [6, 6.07) is 30.6. The number of carbonyl (C=O) groups is 2. The summed E-state index contributed by atoms with van der Waals surface area (Å²) in [6.45, 7) is 8.84. The minimum atomic E-state index is -6.02. The molecule has 2 atom stereocenters. The topological polar surface area (TPSA) is 58.2 Å². The van der Waals surface area contributed by atoms with Crippen LogP contribution in [0.25, 0.3) is 34.4 Å². The molecule has 2 N–H and O–H groups in total. The van der Waals surface area contributed by atoms with Gasteiger partial charge in [-0.15, -0.1) is 0 Å². The number of unbranched alkanes of at least 4 members (excludes halogenated alkanes) is 2. The van der Waals surface area contributed by atoms with Crippen LogP contribution < -0.4 is 10.5 Å². The molecule has 0 saturated heterocycles. The van der Waals surface area contributed by atoms with Gasteiger partial charge in [0, 0.05) is 0 Å². The molecule has 0 heterocycles. The molecular formula is C46H54BCl2HfN2O2. The molecule has 2 aliphatic rings. The van der Waals surface area contributed by atoms with Gasteiger partial charge in [-0.1, -0.05) is 0 Å². The second-order valence-corrected chi connectivity index (χ2v) is 45.6. The third-order valence-corrected chi connectivity index (χ3v) is 40.4. The number of hydrogen-bond acceptors (Lipinski definition) is 2. The van der Waals surface area contributed by atoms with Crippen molar-refractivity contribution in [3.8, 4) is 22.3 Å². The molecule has 0 saturated carbocycles. The van der Waals surface area contributed by atoms with E-state index in [0.717, 1.165) is 86.5 Å². The first-order chi connectivity index (χ1) is 26.3. The molecule has 4 aromatic carbocycles. The monoisotopic (exact) mass is 927 g/mol. The van der Waals surface area contributed by atoms with E-state index in [9.17, 15) is 9.59 Å². The van der Waals surface area contributed by atoms with Crippen LogP contribution in [-0.4, -0.2) is 17.4 Å². The van der Waals surface area contributed by atoms with Crippen LogP contribution >= 0.6 is 17.2 Å². The Morgan fingerprint density at radius 2 is 0.963 bits per heavy atom. The predicted octanol–water partition coefficient (Wildman–Crippen LogP) is 12.4. The molecule has 4 nitrogen and oxygen atoms in total. The van der Waals surface area contributed by atoms with Gasteiger partial charge in [0.15, 0.2) is 0 Å². The van der Waals surface area contributed by atoms with Crippen LogP contribution in [0.1, 0.15) is 120 Å². The van der Waals surface area contributed by atoms with Crippen LogP contribution in [0.2, 0.25) is 0 Å². The Balaban J connectivity index is 1.64. The molecule has 0 aliphatic heterocycles. The second kappa shape index (κ2) is 17.7. The number of amides is 2. The Hall–Kier alpha value is -3.18. The number of rotatable bonds is 19. The van der Waals surface area contributed by atoms with Crippen molar-refractivity contribution in [3.05, 3.63) is 129 Å². The Kier molecular flexibility index (Phi) is 13.3. The molecule has 2 unspecified atom stereocenters. The molecule has 281 valence electrons. The zero-order valence-electron chi connectivity index (χ0n) is 32.3. The quantitative estimate of drug-likeness (QED) is 0.0727. The Morgan fingerprint density at radius 1 is 0.556 bits per heavy atom. The first-order valence-corrected chi connectivity index (χ1v) is 35.2. The Bertz CT molecular complexity index is 1920. The second-order valence-electron chi connectivity index (χ2n) is 15.2. The van der Waals surface area contributed by atoms with Crippen molar-refractivity contribution in [2.75, 3.05) is 0 Å². The van der Waals surface area contributed by atoms with Gasteiger partial charge in [-0.3, -0.25) is 0 Å². The van der Waals surface area contributed by atoms with E-state index < -0.39 is 20.5 Å². The van der Waals surface area contributed by atoms with Crippen LogP contribution in [0.5, 0.6) is 0 Å². The fraction of sp³-hybridized carbons (Fsp3) is 0.348. The van der Waals surface area contributed by atoms with Crippen molar-refractivity contribution in [2.24, 2.45) is 0 Å². The molecular weight excluding hydrogens is 873 g/mol. The Labute approximate surface area is 331 Å². The summed E-state index contributed by atoms with van der Waals surface area (Å²) in [6.07, 6.45) is 15.9. The van der Waals surface area contributed by atoms with E-state index in [0.29, 0.717) is 12.8 Å². The molecule has 54 heavy (non-hydrogen) atoms. The summed E-state index contributed by atoms with van der Waals surface area (Å²) >= 11 is -6.02. The van der Waals surface area contributed by atoms with E-state index in [4.69, 9.17) is 17.2 Å². The summed E-state index contributed by atoms with van der Waals surface area (Å²) < 4.78 is -1.64. The fourth-order valence-electron chi connectivity index (χ4n) is 9.45. The molecule has 0 spiro atoms. The van der Waals surface area contributed by atoms with E-state index in [2.05, 4.69) is 135 Å². The number of halogens is 2. The van der Waals surface area contributed by atoms with Crippen molar-refractivity contribution in [1.29, 1.82) is 0 Å². The van der Waals surface area contributed by atoms with Crippen molar-refractivity contribution < 1.29 is 25.5 Å². The van der Waals surface area contributed by atoms with Crippen LogP contribution in [0.4, 0.5) is 0 Å². The number of carbonyl (C=O) groups excluding carboxylic acids is 2. The predicted molar refractivity (Wildman–Crippen MR) is 228 cm³/mol. The van der Waals surface area contributed by atoms with Gasteiger partial charge in [0.2, 0.25) is 0 Å². The van der Waals surface area contributed by atoms with E-state index in [1.54, 1.807) is 0 Å². The van der Waals surface area contributed by atoms with Gasteiger partial charge >= 0.3 is 334 Å². The zero-order valence-corrected chi connectivity index (χ0v) is 37.4. The fourth-order valence-corrected chi connectivity index (χ4v) is 39.1. The average molecular weight is 927 g/mol. The number of benzene rings is 4. The van der Waals surface area contributed by atoms with Crippen molar-refractivity contribution in [2.45, 2.75) is 99.3 Å². The van der Waals surface area contributed by atoms with Gasteiger partial charge in [0.05, 0.1) is 0 Å². The SMILES string of the molecule is CCCCc1ccccc1-c1cccc2c1C=C(CCC)[CH]2[Hf]([Cl])([Cl])([B](NC=O)NC=O)[CH]1C(CCC)=Cc2c(-c3ccccc3CCCC)cccc21. The number of fused-ring (bicyclic) bond motifs is 2. The molecule has 6 rings (SSSR count). The molecule has 0 bridgehead atoms. The number of nitrogens with one attached hydrogen (secondary N) is 2. The maximum absolute atomic E-state index is 12.6. The Morgan fingerprint density at radius 3 is 1.35 bits per heavy atom. The summed E-state index contributed by atoms with van der Waals surface area (Å²) in [5.41, 5.74) is 14.3. The van der Waals surface area contributed by atoms with Gasteiger partial charge in [0.25, 0.3) is 0 Å². The third kappa shape index (κ3) is 7.40. The van der Waals surface area contributed by atoms with E-state index in [1.165, 1.54) is 44.5 Å². The van der Waals surface area contributed by atoms with E-state index in [1.807, 2.05) is 0 Å². The first kappa shape index (κ1) is 40.5. The molecule has 0 aromatic heterocycles. The number of aryl methyl sites for hydroxylation is 2. The van der Waals surface area contributed by atoms with Gasteiger partial charge < -0.3 is 0 Å². The number of hydrogen-bond donors (Lipinski definition) is 2. The van der Waals surface area contributed by atoms with E-state index in [-0.39, 0.29) is 7.35 Å². The third-order valence-electron chi connectivity index (χ3n) is 11.7. The van der Waals surface area contributed by atoms with Gasteiger partial charge in [-0.25, -0.2) is 0 Å². The first-order valence-electron chi connectivity index (χ1n) is 20.1. The number of allylic oxidation sites excluding steroid dienone is 2. The van der Waals surface area contributed by atoms with Gasteiger partial charge in [-0.05, 0) is 0 Å². The summed E-state index contributed by atoms with van der Waals surface area (Å²) in [5.74, 6) is 0. The molecule has 0 fully saturated rings. The zero-order chi connectivity index (χ0) is 38.3. The van der Waals surface area contributed by atoms with Crippen LogP contribution in [-0.2, 0) is 38.3 Å². The summed E-state index contributed by atoms with van der Waals surface area (Å²) in [7, 11) is 17.4. The van der Waals surface area contributed by atoms with Gasteiger partial charge in [-0.2, -0.15) is 0 Å². The normalized spacial score (nSPS) is 16.7. The summed E-state index contributed by atoms with van der Waals surface area (Å²) in [5, 5.41) is 6.04. The van der Waals surface area contributed by atoms with Crippen LogP contribution in [0, 0.1) is 0 Å². The minimum absolute atomic E-state index is 0.357. The van der Waals surface area contributed by atoms with Gasteiger partial charge in [0.1, 0.15) is 0 Å². The molecule has 2 aliphatic carbocycles. The molecule has 4 aromatic rings. The van der Waals surface area contributed by atoms with Crippen molar-refractivity contribution in [1.82, 2.24) is 10.5 Å². The summed E-state index contributed by atoms with van der Waals surface area (Å²) in [4.78, 5) is 25.1. The van der Waals surface area contributed by atoms with Crippen LogP contribution in [0.15, 0.2) is 96.1 Å². The molecule has 8 heteroatoms. The maximum atomic E-state index is 12.6.